The molecule has 7 heteroatoms. The molecule has 0 aliphatic heterocycles. The van der Waals surface area contributed by atoms with Crippen molar-refractivity contribution in [2.45, 2.75) is 25.2 Å². The number of alkyl carbamates (subject to hydrolysis) is 1. The SMILES string of the molecule is COc1ccc(C(O)C(O)CCNC(=O)OCc2ccccc2)cc1F. The monoisotopic (exact) mass is 363 g/mol. The maximum absolute atomic E-state index is 13.7. The van der Waals surface area contributed by atoms with Crippen molar-refractivity contribution in [3.63, 3.8) is 0 Å². The molecule has 2 aromatic rings. The van der Waals surface area contributed by atoms with Crippen molar-refractivity contribution in [2.24, 2.45) is 0 Å². The van der Waals surface area contributed by atoms with E-state index in [-0.39, 0.29) is 30.9 Å². The predicted octanol–water partition coefficient (Wildman–Crippen LogP) is 2.55. The second-order valence-corrected chi connectivity index (χ2v) is 5.68. The first-order valence-corrected chi connectivity index (χ1v) is 8.15. The minimum absolute atomic E-state index is 0.0540. The van der Waals surface area contributed by atoms with E-state index in [9.17, 15) is 19.4 Å². The molecular weight excluding hydrogens is 341 g/mol. The summed E-state index contributed by atoms with van der Waals surface area (Å²) in [7, 11) is 1.34. The Labute approximate surface area is 151 Å². The summed E-state index contributed by atoms with van der Waals surface area (Å²) in [5.74, 6) is -0.572. The minimum atomic E-state index is -1.28. The van der Waals surface area contributed by atoms with E-state index in [0.717, 1.165) is 11.6 Å². The van der Waals surface area contributed by atoms with Gasteiger partial charge in [0, 0.05) is 6.54 Å². The number of halogens is 1. The smallest absolute Gasteiger partial charge is 0.407 e. The molecule has 2 aromatic carbocycles. The van der Waals surface area contributed by atoms with Gasteiger partial charge in [0.25, 0.3) is 0 Å². The van der Waals surface area contributed by atoms with Crippen LogP contribution in [0.25, 0.3) is 0 Å². The number of nitrogens with one attached hydrogen (secondary N) is 1. The molecule has 0 aliphatic carbocycles. The van der Waals surface area contributed by atoms with Gasteiger partial charge in [-0.25, -0.2) is 9.18 Å². The molecule has 0 fully saturated rings. The van der Waals surface area contributed by atoms with Gasteiger partial charge in [-0.3, -0.25) is 0 Å². The van der Waals surface area contributed by atoms with Crippen molar-refractivity contribution in [2.75, 3.05) is 13.7 Å². The van der Waals surface area contributed by atoms with E-state index < -0.39 is 24.1 Å². The number of aliphatic hydroxyl groups is 2. The van der Waals surface area contributed by atoms with E-state index in [1.165, 1.54) is 19.2 Å². The number of hydrogen-bond donors (Lipinski definition) is 3. The van der Waals surface area contributed by atoms with Crippen molar-refractivity contribution < 1.29 is 28.9 Å². The summed E-state index contributed by atoms with van der Waals surface area (Å²) in [5.41, 5.74) is 1.09. The number of rotatable bonds is 8. The topological polar surface area (TPSA) is 88.0 Å². The maximum Gasteiger partial charge on any atom is 0.407 e. The molecule has 140 valence electrons. The molecule has 1 amide bonds. The zero-order chi connectivity index (χ0) is 18.9. The zero-order valence-corrected chi connectivity index (χ0v) is 14.4. The standard InChI is InChI=1S/C19H22FNO5/c1-25-17-8-7-14(11-15(17)20)18(23)16(22)9-10-21-19(24)26-12-13-5-3-2-4-6-13/h2-8,11,16,18,22-23H,9-10,12H2,1H3,(H,21,24). The van der Waals surface area contributed by atoms with Crippen LogP contribution >= 0.6 is 0 Å². The Morgan fingerprint density at radius 3 is 2.58 bits per heavy atom. The third kappa shape index (κ3) is 5.72. The molecule has 6 nitrogen and oxygen atoms in total. The largest absolute Gasteiger partial charge is 0.494 e. The van der Waals surface area contributed by atoms with Crippen LogP contribution in [0.3, 0.4) is 0 Å². The van der Waals surface area contributed by atoms with Crippen LogP contribution in [0.15, 0.2) is 48.5 Å². The normalized spacial score (nSPS) is 12.9. The lowest BCUT2D eigenvalue weighted by Crippen LogP contribution is -2.29. The summed E-state index contributed by atoms with van der Waals surface area (Å²) in [5, 5.41) is 22.6. The van der Waals surface area contributed by atoms with Crippen molar-refractivity contribution >= 4 is 6.09 Å². The molecule has 0 bridgehead atoms. The lowest BCUT2D eigenvalue weighted by molar-refractivity contribution is 0.0134. The van der Waals surface area contributed by atoms with Crippen LogP contribution in [0.2, 0.25) is 0 Å². The minimum Gasteiger partial charge on any atom is -0.494 e. The average molecular weight is 363 g/mol. The van der Waals surface area contributed by atoms with Crippen LogP contribution in [-0.4, -0.2) is 36.1 Å². The molecule has 0 aromatic heterocycles. The maximum atomic E-state index is 13.7. The van der Waals surface area contributed by atoms with Crippen molar-refractivity contribution in [3.05, 3.63) is 65.5 Å². The fourth-order valence-electron chi connectivity index (χ4n) is 2.34. The number of hydrogen-bond acceptors (Lipinski definition) is 5. The summed E-state index contributed by atoms with van der Waals surface area (Å²) in [4.78, 5) is 11.6. The number of carbonyl (C=O) groups excluding carboxylic acids is 1. The van der Waals surface area contributed by atoms with Crippen LogP contribution in [0, 0.1) is 5.82 Å². The average Bonchev–Trinajstić information content (AvgIpc) is 2.66. The highest BCUT2D eigenvalue weighted by Crippen LogP contribution is 2.24. The highest BCUT2D eigenvalue weighted by atomic mass is 19.1. The predicted molar refractivity (Wildman–Crippen MR) is 93.2 cm³/mol. The molecule has 2 atom stereocenters. The summed E-state index contributed by atoms with van der Waals surface area (Å²) >= 11 is 0. The van der Waals surface area contributed by atoms with E-state index in [4.69, 9.17) is 9.47 Å². The van der Waals surface area contributed by atoms with Crippen LogP contribution in [0.4, 0.5) is 9.18 Å². The summed E-state index contributed by atoms with van der Waals surface area (Å²) in [6.45, 7) is 0.244. The lowest BCUT2D eigenvalue weighted by atomic mass is 10.0. The molecule has 26 heavy (non-hydrogen) atoms. The van der Waals surface area contributed by atoms with E-state index in [0.29, 0.717) is 0 Å². The molecule has 0 heterocycles. The summed E-state index contributed by atoms with van der Waals surface area (Å²) < 4.78 is 23.5. The van der Waals surface area contributed by atoms with E-state index >= 15 is 0 Å². The molecule has 3 N–H and O–H groups in total. The van der Waals surface area contributed by atoms with Gasteiger partial charge in [0.1, 0.15) is 12.7 Å². The Morgan fingerprint density at radius 1 is 1.19 bits per heavy atom. The molecule has 0 aliphatic rings. The molecule has 2 unspecified atom stereocenters. The molecule has 2 rings (SSSR count). The number of amides is 1. The van der Waals surface area contributed by atoms with E-state index in [1.807, 2.05) is 30.3 Å². The molecule has 0 saturated heterocycles. The highest BCUT2D eigenvalue weighted by molar-refractivity contribution is 5.67. The van der Waals surface area contributed by atoms with Gasteiger partial charge in [-0.2, -0.15) is 0 Å². The Balaban J connectivity index is 1.74. The quantitative estimate of drug-likeness (QED) is 0.671. The second-order valence-electron chi connectivity index (χ2n) is 5.68. The number of aliphatic hydroxyl groups excluding tert-OH is 2. The van der Waals surface area contributed by atoms with Gasteiger partial charge in [-0.05, 0) is 29.7 Å². The fourth-order valence-corrected chi connectivity index (χ4v) is 2.34. The number of carbonyl (C=O) groups is 1. The van der Waals surface area contributed by atoms with Gasteiger partial charge >= 0.3 is 6.09 Å². The van der Waals surface area contributed by atoms with Crippen LogP contribution in [0.1, 0.15) is 23.7 Å². The van der Waals surface area contributed by atoms with Crippen LogP contribution in [0.5, 0.6) is 5.75 Å². The van der Waals surface area contributed by atoms with Gasteiger partial charge in [-0.1, -0.05) is 36.4 Å². The Kier molecular flexibility index (Phi) is 7.37. The van der Waals surface area contributed by atoms with Crippen LogP contribution in [-0.2, 0) is 11.3 Å². The van der Waals surface area contributed by atoms with Crippen molar-refractivity contribution in [1.29, 1.82) is 0 Å². The molecule has 0 saturated carbocycles. The zero-order valence-electron chi connectivity index (χ0n) is 14.4. The number of benzene rings is 2. The van der Waals surface area contributed by atoms with Gasteiger partial charge in [0.2, 0.25) is 0 Å². The second kappa shape index (κ2) is 9.74. The summed E-state index contributed by atoms with van der Waals surface area (Å²) in [6.07, 6.45) is -2.99. The fraction of sp³-hybridized carbons (Fsp3) is 0.316. The first-order valence-electron chi connectivity index (χ1n) is 8.15. The number of methoxy groups -OCH3 is 1. The van der Waals surface area contributed by atoms with Gasteiger partial charge in [0.15, 0.2) is 11.6 Å². The molecule has 0 spiro atoms. The van der Waals surface area contributed by atoms with Crippen LogP contribution < -0.4 is 10.1 Å². The Hall–Kier alpha value is -2.64. The van der Waals surface area contributed by atoms with Gasteiger partial charge < -0.3 is 25.0 Å². The Morgan fingerprint density at radius 2 is 1.92 bits per heavy atom. The highest BCUT2D eigenvalue weighted by Gasteiger charge is 2.20. The first kappa shape index (κ1) is 19.7. The van der Waals surface area contributed by atoms with E-state index in [2.05, 4.69) is 5.32 Å². The third-order valence-corrected chi connectivity index (χ3v) is 3.80. The Bertz CT molecular complexity index is 710. The van der Waals surface area contributed by atoms with E-state index in [1.54, 1.807) is 0 Å². The lowest BCUT2D eigenvalue weighted by Gasteiger charge is -2.19. The first-order chi connectivity index (χ1) is 12.5. The van der Waals surface area contributed by atoms with Crippen molar-refractivity contribution in [1.82, 2.24) is 5.32 Å². The summed E-state index contributed by atoms with van der Waals surface area (Å²) in [6, 6.07) is 13.2. The molecular formula is C19H22FNO5. The number of ether oxygens (including phenoxy) is 2. The van der Waals surface area contributed by atoms with Gasteiger partial charge in [-0.15, -0.1) is 0 Å². The third-order valence-electron chi connectivity index (χ3n) is 3.80. The van der Waals surface area contributed by atoms with Crippen molar-refractivity contribution in [3.8, 4) is 5.75 Å². The molecule has 0 radical (unpaired) electrons. The van der Waals surface area contributed by atoms with Gasteiger partial charge in [0.05, 0.1) is 13.2 Å².